The monoisotopic (exact) mass is 301 g/mol. The molecule has 106 valence electrons. The number of hydrogen-bond acceptors (Lipinski definition) is 2. The topological polar surface area (TPSA) is 29.9 Å². The van der Waals surface area contributed by atoms with Crippen LogP contribution in [-0.4, -0.2) is 9.55 Å². The molecule has 0 spiro atoms. The van der Waals surface area contributed by atoms with Gasteiger partial charge in [-0.15, -0.1) is 0 Å². The van der Waals surface area contributed by atoms with Gasteiger partial charge in [-0.3, -0.25) is 0 Å². The molecule has 1 aromatic carbocycles. The highest BCUT2D eigenvalue weighted by Crippen LogP contribution is 2.42. The summed E-state index contributed by atoms with van der Waals surface area (Å²) >= 11 is 6.02. The Kier molecular flexibility index (Phi) is 2.40. The summed E-state index contributed by atoms with van der Waals surface area (Å²) in [7, 11) is 0. The van der Waals surface area contributed by atoms with Crippen LogP contribution in [0, 0.1) is 5.82 Å². The second-order valence-corrected chi connectivity index (χ2v) is 6.14. The first-order chi connectivity index (χ1) is 9.97. The van der Waals surface area contributed by atoms with Gasteiger partial charge in [0.25, 0.3) is 0 Å². The molecular weight excluding hydrogens is 289 g/mol. The highest BCUT2D eigenvalue weighted by Gasteiger charge is 2.32. The zero-order chi connectivity index (χ0) is 14.8. The molecule has 0 fully saturated rings. The highest BCUT2D eigenvalue weighted by atomic mass is 35.5. The minimum atomic E-state index is -0.382. The maximum Gasteiger partial charge on any atom is 0.132 e. The number of halogens is 2. The van der Waals surface area contributed by atoms with Crippen molar-refractivity contribution in [3.05, 3.63) is 47.4 Å². The normalized spacial score (nSPS) is 15.4. The van der Waals surface area contributed by atoms with Crippen molar-refractivity contribution in [1.82, 2.24) is 9.55 Å². The van der Waals surface area contributed by atoms with Crippen LogP contribution in [0.2, 0.25) is 5.15 Å². The number of rotatable bonds is 0. The molecule has 0 saturated carbocycles. The van der Waals surface area contributed by atoms with Crippen molar-refractivity contribution in [3.8, 4) is 11.4 Å². The van der Waals surface area contributed by atoms with Crippen LogP contribution in [0.3, 0.4) is 0 Å². The minimum absolute atomic E-state index is 0.228. The van der Waals surface area contributed by atoms with Gasteiger partial charge >= 0.3 is 0 Å². The van der Waals surface area contributed by atoms with Crippen LogP contribution >= 0.6 is 11.6 Å². The Hall–Kier alpha value is -2.07. The maximum absolute atomic E-state index is 14.1. The average molecular weight is 302 g/mol. The van der Waals surface area contributed by atoms with Crippen molar-refractivity contribution in [2.24, 2.45) is 0 Å². The van der Waals surface area contributed by atoms with Crippen LogP contribution in [0.4, 0.5) is 10.1 Å². The van der Waals surface area contributed by atoms with Crippen molar-refractivity contribution in [3.63, 3.8) is 0 Å². The predicted molar refractivity (Wildman–Crippen MR) is 83.1 cm³/mol. The summed E-state index contributed by atoms with van der Waals surface area (Å²) in [6.45, 7) is 4.11. The number of hydrogen-bond donors (Lipinski definition) is 1. The summed E-state index contributed by atoms with van der Waals surface area (Å²) in [5.41, 5.74) is 2.98. The van der Waals surface area contributed by atoms with Gasteiger partial charge in [0.15, 0.2) is 0 Å². The van der Waals surface area contributed by atoms with Crippen molar-refractivity contribution in [1.29, 1.82) is 0 Å². The molecule has 0 saturated heterocycles. The molecule has 2 aromatic heterocycles. The lowest BCUT2D eigenvalue weighted by atomic mass is 10.1. The van der Waals surface area contributed by atoms with Crippen LogP contribution in [0.15, 0.2) is 36.4 Å². The van der Waals surface area contributed by atoms with Gasteiger partial charge in [0.2, 0.25) is 0 Å². The van der Waals surface area contributed by atoms with Gasteiger partial charge in [-0.1, -0.05) is 17.7 Å². The summed E-state index contributed by atoms with van der Waals surface area (Å²) < 4.78 is 16.2. The number of pyridine rings is 1. The second kappa shape index (κ2) is 3.98. The van der Waals surface area contributed by atoms with E-state index in [0.717, 1.165) is 22.6 Å². The summed E-state index contributed by atoms with van der Waals surface area (Å²) in [4.78, 5) is 4.41. The highest BCUT2D eigenvalue weighted by molar-refractivity contribution is 6.29. The molecule has 1 N–H and O–H groups in total. The fraction of sp³-hybridized carbons (Fsp3) is 0.188. The van der Waals surface area contributed by atoms with E-state index >= 15 is 0 Å². The van der Waals surface area contributed by atoms with Gasteiger partial charge in [0.05, 0.1) is 16.9 Å². The standard InChI is InChI=1S/C16H13ClFN3/c1-16(2)20-11-6-7-14(17)19-15(11)13-8-9-10(18)4-3-5-12(9)21(13)16/h3-8,20H,1-2H3. The Balaban J connectivity index is 2.16. The van der Waals surface area contributed by atoms with Crippen molar-refractivity contribution < 1.29 is 4.39 Å². The number of nitrogens with one attached hydrogen (secondary N) is 1. The van der Waals surface area contributed by atoms with Crippen LogP contribution < -0.4 is 5.32 Å². The Bertz CT molecular complexity index is 883. The van der Waals surface area contributed by atoms with Crippen molar-refractivity contribution in [2.45, 2.75) is 19.5 Å². The number of anilines is 1. The van der Waals surface area contributed by atoms with Crippen molar-refractivity contribution >= 4 is 28.2 Å². The van der Waals surface area contributed by atoms with E-state index in [1.165, 1.54) is 6.07 Å². The number of benzene rings is 1. The second-order valence-electron chi connectivity index (χ2n) is 5.75. The maximum atomic E-state index is 14.1. The molecular formula is C16H13ClFN3. The fourth-order valence-electron chi connectivity index (χ4n) is 3.09. The SMILES string of the molecule is CC1(C)Nc2ccc(Cl)nc2-c2cc3c(F)cccc3n21. The molecule has 0 radical (unpaired) electrons. The Labute approximate surface area is 126 Å². The van der Waals surface area contributed by atoms with Crippen LogP contribution in [0.5, 0.6) is 0 Å². The molecule has 3 heterocycles. The van der Waals surface area contributed by atoms with Crippen LogP contribution in [0.25, 0.3) is 22.3 Å². The molecule has 21 heavy (non-hydrogen) atoms. The zero-order valence-corrected chi connectivity index (χ0v) is 12.4. The van der Waals surface area contributed by atoms with Gasteiger partial charge in [-0.2, -0.15) is 0 Å². The number of aromatic nitrogens is 2. The van der Waals surface area contributed by atoms with Crippen molar-refractivity contribution in [2.75, 3.05) is 5.32 Å². The predicted octanol–water partition coefficient (Wildman–Crippen LogP) is 4.61. The van der Waals surface area contributed by atoms with E-state index < -0.39 is 0 Å². The van der Waals surface area contributed by atoms with E-state index in [2.05, 4.69) is 28.7 Å². The van der Waals surface area contributed by atoms with E-state index in [-0.39, 0.29) is 11.5 Å². The summed E-state index contributed by atoms with van der Waals surface area (Å²) in [5, 5.41) is 4.45. The molecule has 0 aliphatic carbocycles. The lowest BCUT2D eigenvalue weighted by molar-refractivity contribution is 0.424. The van der Waals surface area contributed by atoms with Gasteiger partial charge in [0.1, 0.15) is 22.3 Å². The molecule has 4 rings (SSSR count). The third-order valence-corrected chi connectivity index (χ3v) is 4.11. The lowest BCUT2D eigenvalue weighted by Crippen LogP contribution is -2.38. The molecule has 0 unspecified atom stereocenters. The first-order valence-corrected chi connectivity index (χ1v) is 7.11. The van der Waals surface area contributed by atoms with E-state index in [4.69, 9.17) is 11.6 Å². The van der Waals surface area contributed by atoms with Gasteiger partial charge in [0, 0.05) is 5.39 Å². The average Bonchev–Trinajstić information content (AvgIpc) is 2.82. The smallest absolute Gasteiger partial charge is 0.132 e. The third-order valence-electron chi connectivity index (χ3n) is 3.90. The molecule has 3 aromatic rings. The summed E-state index contributed by atoms with van der Waals surface area (Å²) in [5.74, 6) is -0.228. The summed E-state index contributed by atoms with van der Waals surface area (Å²) in [6, 6.07) is 10.6. The fourth-order valence-corrected chi connectivity index (χ4v) is 3.24. The first kappa shape index (κ1) is 12.7. The zero-order valence-electron chi connectivity index (χ0n) is 11.6. The molecule has 0 atom stereocenters. The largest absolute Gasteiger partial charge is 0.361 e. The molecule has 1 aliphatic rings. The molecule has 0 bridgehead atoms. The van der Waals surface area contributed by atoms with E-state index in [0.29, 0.717) is 10.5 Å². The summed E-state index contributed by atoms with van der Waals surface area (Å²) in [6.07, 6.45) is 0. The molecule has 1 aliphatic heterocycles. The molecule has 0 amide bonds. The Morgan fingerprint density at radius 2 is 2.05 bits per heavy atom. The van der Waals surface area contributed by atoms with Crippen LogP contribution in [0.1, 0.15) is 13.8 Å². The minimum Gasteiger partial charge on any atom is -0.361 e. The Morgan fingerprint density at radius 1 is 1.24 bits per heavy atom. The molecule has 5 heteroatoms. The third kappa shape index (κ3) is 1.69. The number of nitrogens with zero attached hydrogens (tertiary/aromatic N) is 2. The number of fused-ring (bicyclic) bond motifs is 5. The quantitative estimate of drug-likeness (QED) is 0.614. The van der Waals surface area contributed by atoms with E-state index in [1.54, 1.807) is 12.1 Å². The van der Waals surface area contributed by atoms with E-state index in [1.807, 2.05) is 18.2 Å². The first-order valence-electron chi connectivity index (χ1n) is 6.73. The van der Waals surface area contributed by atoms with E-state index in [9.17, 15) is 4.39 Å². The lowest BCUT2D eigenvalue weighted by Gasteiger charge is -2.37. The van der Waals surface area contributed by atoms with Gasteiger partial charge in [-0.05, 0) is 44.2 Å². The van der Waals surface area contributed by atoms with Gasteiger partial charge < -0.3 is 9.88 Å². The molecule has 3 nitrogen and oxygen atoms in total. The van der Waals surface area contributed by atoms with Gasteiger partial charge in [-0.25, -0.2) is 9.37 Å². The Morgan fingerprint density at radius 3 is 2.86 bits per heavy atom. The van der Waals surface area contributed by atoms with Crippen LogP contribution in [-0.2, 0) is 5.66 Å².